The minimum absolute atomic E-state index is 0.0978. The molecule has 2 aromatic carbocycles. The molecule has 0 aromatic heterocycles. The first-order valence-corrected chi connectivity index (χ1v) is 10.6. The zero-order chi connectivity index (χ0) is 20.6. The Morgan fingerprint density at radius 1 is 1.10 bits per heavy atom. The third-order valence-electron chi connectivity index (χ3n) is 4.19. The van der Waals surface area contributed by atoms with Gasteiger partial charge in [-0.2, -0.15) is 0 Å². The van der Waals surface area contributed by atoms with Crippen LogP contribution in [0.15, 0.2) is 72.2 Å². The van der Waals surface area contributed by atoms with E-state index in [1.807, 2.05) is 60.7 Å². The number of hydrogen-bond acceptors (Lipinski definition) is 5. The summed E-state index contributed by atoms with van der Waals surface area (Å²) in [4.78, 5) is 14.7. The molecule has 0 aliphatic carbocycles. The standard InChI is InChI=1S/C23H23NO3S2/c1-3-13-24-22(25)21(29-23(24)28)14-18-9-7-8-12-20(18)27-16-17(2)15-26-19-10-5-4-6-11-19/h3-12,14,17H,1,13,15-16H2,2H3/b21-14-. The van der Waals surface area contributed by atoms with E-state index < -0.39 is 0 Å². The quantitative estimate of drug-likeness (QED) is 0.315. The first-order valence-electron chi connectivity index (χ1n) is 9.34. The maximum absolute atomic E-state index is 12.6. The van der Waals surface area contributed by atoms with Crippen LogP contribution in [-0.4, -0.2) is 34.9 Å². The van der Waals surface area contributed by atoms with Crippen LogP contribution >= 0.6 is 24.0 Å². The summed E-state index contributed by atoms with van der Waals surface area (Å²) in [5, 5.41) is 0. The lowest BCUT2D eigenvalue weighted by Gasteiger charge is -2.15. The average Bonchev–Trinajstić information content (AvgIpc) is 3.00. The molecule has 0 bridgehead atoms. The molecule has 1 fully saturated rings. The monoisotopic (exact) mass is 425 g/mol. The number of thioether (sulfide) groups is 1. The van der Waals surface area contributed by atoms with E-state index in [0.717, 1.165) is 17.1 Å². The van der Waals surface area contributed by atoms with Crippen molar-refractivity contribution in [3.63, 3.8) is 0 Å². The highest BCUT2D eigenvalue weighted by Crippen LogP contribution is 2.34. The molecule has 0 saturated carbocycles. The SMILES string of the molecule is C=CCN1C(=O)/C(=C/c2ccccc2OCC(C)COc2ccccc2)SC1=S. The van der Waals surface area contributed by atoms with Gasteiger partial charge in [-0.3, -0.25) is 9.69 Å². The van der Waals surface area contributed by atoms with Gasteiger partial charge >= 0.3 is 0 Å². The number of ether oxygens (including phenoxy) is 2. The summed E-state index contributed by atoms with van der Waals surface area (Å²) in [5.74, 6) is 1.68. The maximum Gasteiger partial charge on any atom is 0.266 e. The molecule has 1 amide bonds. The minimum atomic E-state index is -0.0978. The first kappa shape index (κ1) is 21.1. The summed E-state index contributed by atoms with van der Waals surface area (Å²) in [6.07, 6.45) is 3.51. The lowest BCUT2D eigenvalue weighted by molar-refractivity contribution is -0.121. The Balaban J connectivity index is 1.62. The van der Waals surface area contributed by atoms with Crippen molar-refractivity contribution in [2.45, 2.75) is 6.92 Å². The van der Waals surface area contributed by atoms with Gasteiger partial charge in [0.1, 0.15) is 15.8 Å². The molecule has 0 spiro atoms. The Labute approximate surface area is 181 Å². The number of para-hydroxylation sites is 2. The molecule has 6 heteroatoms. The van der Waals surface area contributed by atoms with Gasteiger partial charge in [-0.1, -0.05) is 73.4 Å². The Bertz CT molecular complexity index is 911. The van der Waals surface area contributed by atoms with E-state index in [1.54, 1.807) is 11.0 Å². The van der Waals surface area contributed by atoms with Crippen LogP contribution in [0.5, 0.6) is 11.5 Å². The van der Waals surface area contributed by atoms with Crippen LogP contribution in [0.4, 0.5) is 0 Å². The highest BCUT2D eigenvalue weighted by molar-refractivity contribution is 8.26. The zero-order valence-corrected chi connectivity index (χ0v) is 17.9. The predicted octanol–water partition coefficient (Wildman–Crippen LogP) is 5.17. The largest absolute Gasteiger partial charge is 0.493 e. The van der Waals surface area contributed by atoms with Crippen LogP contribution in [-0.2, 0) is 4.79 Å². The van der Waals surface area contributed by atoms with Crippen molar-refractivity contribution >= 4 is 40.3 Å². The summed E-state index contributed by atoms with van der Waals surface area (Å²) in [7, 11) is 0. The van der Waals surface area contributed by atoms with Gasteiger partial charge < -0.3 is 9.47 Å². The molecule has 1 saturated heterocycles. The van der Waals surface area contributed by atoms with Crippen molar-refractivity contribution < 1.29 is 14.3 Å². The summed E-state index contributed by atoms with van der Waals surface area (Å²) in [5.41, 5.74) is 0.850. The second-order valence-corrected chi connectivity index (χ2v) is 8.33. The van der Waals surface area contributed by atoms with Crippen molar-refractivity contribution in [3.05, 3.63) is 77.7 Å². The maximum atomic E-state index is 12.6. The van der Waals surface area contributed by atoms with Crippen molar-refractivity contribution in [1.82, 2.24) is 4.90 Å². The van der Waals surface area contributed by atoms with E-state index in [1.165, 1.54) is 11.8 Å². The topological polar surface area (TPSA) is 38.8 Å². The van der Waals surface area contributed by atoms with Gasteiger partial charge in [-0.25, -0.2) is 0 Å². The van der Waals surface area contributed by atoms with Crippen molar-refractivity contribution in [1.29, 1.82) is 0 Å². The van der Waals surface area contributed by atoms with Crippen molar-refractivity contribution in [2.75, 3.05) is 19.8 Å². The number of amides is 1. The zero-order valence-electron chi connectivity index (χ0n) is 16.2. The second-order valence-electron chi connectivity index (χ2n) is 6.66. The molecule has 1 atom stereocenters. The van der Waals surface area contributed by atoms with E-state index in [0.29, 0.717) is 29.0 Å². The van der Waals surface area contributed by atoms with Crippen LogP contribution in [0, 0.1) is 5.92 Å². The van der Waals surface area contributed by atoms with Gasteiger partial charge in [0, 0.05) is 18.0 Å². The number of carbonyl (C=O) groups excluding carboxylic acids is 1. The van der Waals surface area contributed by atoms with Gasteiger partial charge in [-0.15, -0.1) is 6.58 Å². The van der Waals surface area contributed by atoms with Gasteiger partial charge in [0.15, 0.2) is 0 Å². The van der Waals surface area contributed by atoms with E-state index in [-0.39, 0.29) is 11.8 Å². The van der Waals surface area contributed by atoms with Crippen LogP contribution in [0.25, 0.3) is 6.08 Å². The van der Waals surface area contributed by atoms with Gasteiger partial charge in [0.05, 0.1) is 18.1 Å². The lowest BCUT2D eigenvalue weighted by Crippen LogP contribution is -2.27. The molecular weight excluding hydrogens is 402 g/mol. The number of benzene rings is 2. The number of rotatable bonds is 9. The Hall–Kier alpha value is -2.57. The normalized spacial score (nSPS) is 16.2. The first-order chi connectivity index (χ1) is 14.1. The summed E-state index contributed by atoms with van der Waals surface area (Å²) < 4.78 is 12.4. The Kier molecular flexibility index (Phi) is 7.49. The van der Waals surface area contributed by atoms with Gasteiger partial charge in [0.2, 0.25) is 0 Å². The molecule has 1 unspecified atom stereocenters. The highest BCUT2D eigenvalue weighted by Gasteiger charge is 2.31. The Morgan fingerprint density at radius 2 is 1.79 bits per heavy atom. The second kappa shape index (κ2) is 10.3. The molecule has 2 aromatic rings. The average molecular weight is 426 g/mol. The number of thiocarbonyl (C=S) groups is 1. The van der Waals surface area contributed by atoms with E-state index in [2.05, 4.69) is 13.5 Å². The minimum Gasteiger partial charge on any atom is -0.493 e. The molecule has 1 heterocycles. The van der Waals surface area contributed by atoms with Gasteiger partial charge in [-0.05, 0) is 24.3 Å². The fourth-order valence-corrected chi connectivity index (χ4v) is 3.96. The van der Waals surface area contributed by atoms with E-state index >= 15 is 0 Å². The third-order valence-corrected chi connectivity index (χ3v) is 5.57. The fraction of sp³-hybridized carbons (Fsp3) is 0.217. The molecular formula is C23H23NO3S2. The fourth-order valence-electron chi connectivity index (χ4n) is 2.69. The predicted molar refractivity (Wildman–Crippen MR) is 123 cm³/mol. The van der Waals surface area contributed by atoms with Crippen LogP contribution in [0.1, 0.15) is 12.5 Å². The number of nitrogens with zero attached hydrogens (tertiary/aromatic N) is 1. The molecule has 1 aliphatic heterocycles. The molecule has 1 aliphatic rings. The number of hydrogen-bond donors (Lipinski definition) is 0. The van der Waals surface area contributed by atoms with Crippen LogP contribution in [0.3, 0.4) is 0 Å². The van der Waals surface area contributed by atoms with E-state index in [9.17, 15) is 4.79 Å². The summed E-state index contributed by atoms with van der Waals surface area (Å²) >= 11 is 6.60. The Morgan fingerprint density at radius 3 is 2.55 bits per heavy atom. The van der Waals surface area contributed by atoms with Gasteiger partial charge in [0.25, 0.3) is 5.91 Å². The molecule has 0 radical (unpaired) electrons. The van der Waals surface area contributed by atoms with Crippen LogP contribution < -0.4 is 9.47 Å². The van der Waals surface area contributed by atoms with Crippen LogP contribution in [0.2, 0.25) is 0 Å². The van der Waals surface area contributed by atoms with Crippen molar-refractivity contribution in [2.24, 2.45) is 5.92 Å². The molecule has 3 rings (SSSR count). The summed E-state index contributed by atoms with van der Waals surface area (Å²) in [6.45, 7) is 7.24. The number of carbonyl (C=O) groups is 1. The molecule has 29 heavy (non-hydrogen) atoms. The molecule has 4 nitrogen and oxygen atoms in total. The lowest BCUT2D eigenvalue weighted by atomic mass is 10.1. The van der Waals surface area contributed by atoms with Crippen molar-refractivity contribution in [3.8, 4) is 11.5 Å². The smallest absolute Gasteiger partial charge is 0.266 e. The molecule has 150 valence electrons. The molecule has 0 N–H and O–H groups in total. The summed E-state index contributed by atoms with van der Waals surface area (Å²) in [6, 6.07) is 17.4. The highest BCUT2D eigenvalue weighted by atomic mass is 32.2. The van der Waals surface area contributed by atoms with E-state index in [4.69, 9.17) is 21.7 Å². The third kappa shape index (κ3) is 5.71.